The molecule has 1 amide bonds. The second-order valence-corrected chi connectivity index (χ2v) is 7.74. The lowest BCUT2D eigenvalue weighted by Gasteiger charge is -2.40. The highest BCUT2D eigenvalue weighted by atomic mass is 32.2. The van der Waals surface area contributed by atoms with Crippen LogP contribution in [0.5, 0.6) is 0 Å². The molecular weight excluding hydrogens is 286 g/mol. The standard InChI is InChI=1S/C16H27NO3S/c1-2-6-16(15(19)20)7-3-8-17(12-16)14(18)11-13-4-9-21-10-5-13/h13H,2-12H2,1H3,(H,19,20). The van der Waals surface area contributed by atoms with E-state index in [1.165, 1.54) is 0 Å². The van der Waals surface area contributed by atoms with Gasteiger partial charge in [-0.3, -0.25) is 9.59 Å². The zero-order valence-electron chi connectivity index (χ0n) is 13.0. The molecule has 2 aliphatic heterocycles. The molecule has 2 saturated heterocycles. The van der Waals surface area contributed by atoms with Gasteiger partial charge < -0.3 is 10.0 Å². The van der Waals surface area contributed by atoms with Crippen molar-refractivity contribution < 1.29 is 14.7 Å². The summed E-state index contributed by atoms with van der Waals surface area (Å²) in [7, 11) is 0. The number of rotatable bonds is 5. The molecule has 5 heteroatoms. The van der Waals surface area contributed by atoms with Gasteiger partial charge in [-0.1, -0.05) is 13.3 Å². The lowest BCUT2D eigenvalue weighted by atomic mass is 9.76. The van der Waals surface area contributed by atoms with Crippen molar-refractivity contribution in [3.8, 4) is 0 Å². The summed E-state index contributed by atoms with van der Waals surface area (Å²) < 4.78 is 0. The number of hydrogen-bond acceptors (Lipinski definition) is 3. The number of carbonyl (C=O) groups excluding carboxylic acids is 1. The number of thioether (sulfide) groups is 1. The molecule has 0 saturated carbocycles. The van der Waals surface area contributed by atoms with Gasteiger partial charge >= 0.3 is 5.97 Å². The first-order valence-electron chi connectivity index (χ1n) is 8.16. The summed E-state index contributed by atoms with van der Waals surface area (Å²) in [6.07, 6.45) is 5.92. The lowest BCUT2D eigenvalue weighted by Crippen LogP contribution is -2.50. The summed E-state index contributed by atoms with van der Waals surface area (Å²) in [5, 5.41) is 9.60. The Kier molecular flexibility index (Phi) is 5.97. The first kappa shape index (κ1) is 16.7. The van der Waals surface area contributed by atoms with Crippen molar-refractivity contribution in [2.45, 2.75) is 51.9 Å². The van der Waals surface area contributed by atoms with E-state index in [0.717, 1.165) is 43.7 Å². The number of amides is 1. The molecule has 1 atom stereocenters. The molecule has 0 aromatic carbocycles. The van der Waals surface area contributed by atoms with Gasteiger partial charge in [-0.15, -0.1) is 0 Å². The Morgan fingerprint density at radius 1 is 1.33 bits per heavy atom. The van der Waals surface area contributed by atoms with E-state index in [1.807, 2.05) is 23.6 Å². The quantitative estimate of drug-likeness (QED) is 0.847. The summed E-state index contributed by atoms with van der Waals surface area (Å²) in [5.74, 6) is 2.27. The van der Waals surface area contributed by atoms with Crippen molar-refractivity contribution in [2.75, 3.05) is 24.6 Å². The average Bonchev–Trinajstić information content (AvgIpc) is 2.48. The van der Waals surface area contributed by atoms with Crippen LogP contribution in [0.2, 0.25) is 0 Å². The minimum absolute atomic E-state index is 0.174. The third-order valence-corrected chi connectivity index (χ3v) is 5.96. The van der Waals surface area contributed by atoms with Crippen LogP contribution in [0.1, 0.15) is 51.9 Å². The topological polar surface area (TPSA) is 57.6 Å². The first-order valence-corrected chi connectivity index (χ1v) is 9.32. The molecule has 1 N–H and O–H groups in total. The van der Waals surface area contributed by atoms with Gasteiger partial charge in [0.2, 0.25) is 5.91 Å². The van der Waals surface area contributed by atoms with Crippen molar-refractivity contribution in [1.29, 1.82) is 0 Å². The fourth-order valence-corrected chi connectivity index (χ4v) is 4.84. The molecule has 21 heavy (non-hydrogen) atoms. The van der Waals surface area contributed by atoms with Gasteiger partial charge in [0.05, 0.1) is 5.41 Å². The number of nitrogens with zero attached hydrogens (tertiary/aromatic N) is 1. The molecular formula is C16H27NO3S. The number of carbonyl (C=O) groups is 2. The molecule has 0 radical (unpaired) electrons. The minimum atomic E-state index is -0.726. The minimum Gasteiger partial charge on any atom is -0.481 e. The van der Waals surface area contributed by atoms with E-state index in [2.05, 4.69) is 0 Å². The van der Waals surface area contributed by atoms with E-state index in [0.29, 0.717) is 31.7 Å². The number of carboxylic acids is 1. The third kappa shape index (κ3) is 4.15. The second kappa shape index (κ2) is 7.52. The summed E-state index contributed by atoms with van der Waals surface area (Å²) in [6.45, 7) is 3.17. The maximum atomic E-state index is 12.5. The van der Waals surface area contributed by atoms with E-state index in [4.69, 9.17) is 0 Å². The monoisotopic (exact) mass is 313 g/mol. The third-order valence-electron chi connectivity index (χ3n) is 4.92. The fraction of sp³-hybridized carbons (Fsp3) is 0.875. The summed E-state index contributed by atoms with van der Waals surface area (Å²) in [5.41, 5.74) is -0.703. The first-order chi connectivity index (χ1) is 10.1. The van der Waals surface area contributed by atoms with Crippen molar-refractivity contribution in [2.24, 2.45) is 11.3 Å². The number of aliphatic carboxylic acids is 1. The predicted molar refractivity (Wildman–Crippen MR) is 85.5 cm³/mol. The smallest absolute Gasteiger partial charge is 0.311 e. The Hall–Kier alpha value is -0.710. The number of piperidine rings is 1. The van der Waals surface area contributed by atoms with E-state index >= 15 is 0 Å². The zero-order chi connectivity index (χ0) is 15.3. The SMILES string of the molecule is CCCC1(C(=O)O)CCCN(C(=O)CC2CCSCC2)C1. The van der Waals surface area contributed by atoms with Crippen LogP contribution in [0.3, 0.4) is 0 Å². The maximum Gasteiger partial charge on any atom is 0.311 e. The molecule has 2 rings (SSSR count). The molecule has 4 nitrogen and oxygen atoms in total. The zero-order valence-corrected chi connectivity index (χ0v) is 13.8. The maximum absolute atomic E-state index is 12.5. The largest absolute Gasteiger partial charge is 0.481 e. The lowest BCUT2D eigenvalue weighted by molar-refractivity contribution is -0.155. The summed E-state index contributed by atoms with van der Waals surface area (Å²) in [4.78, 5) is 26.0. The van der Waals surface area contributed by atoms with E-state index in [-0.39, 0.29) is 5.91 Å². The van der Waals surface area contributed by atoms with Crippen molar-refractivity contribution in [1.82, 2.24) is 4.90 Å². The molecule has 0 aromatic heterocycles. The summed E-state index contributed by atoms with van der Waals surface area (Å²) in [6, 6.07) is 0. The van der Waals surface area contributed by atoms with Crippen molar-refractivity contribution in [3.63, 3.8) is 0 Å². The Bertz CT molecular complexity index is 378. The van der Waals surface area contributed by atoms with E-state index in [9.17, 15) is 14.7 Å². The molecule has 0 aliphatic carbocycles. The van der Waals surface area contributed by atoms with Crippen LogP contribution >= 0.6 is 11.8 Å². The highest BCUT2D eigenvalue weighted by Gasteiger charge is 2.42. The molecule has 1 unspecified atom stereocenters. The van der Waals surface area contributed by atoms with Crippen LogP contribution in [-0.2, 0) is 9.59 Å². The highest BCUT2D eigenvalue weighted by molar-refractivity contribution is 7.99. The highest BCUT2D eigenvalue weighted by Crippen LogP contribution is 2.36. The molecule has 2 heterocycles. The van der Waals surface area contributed by atoms with Gasteiger partial charge in [-0.05, 0) is 49.5 Å². The Balaban J connectivity index is 1.95. The molecule has 2 fully saturated rings. The van der Waals surface area contributed by atoms with Gasteiger partial charge in [0.15, 0.2) is 0 Å². The van der Waals surface area contributed by atoms with Gasteiger partial charge in [0.25, 0.3) is 0 Å². The van der Waals surface area contributed by atoms with Gasteiger partial charge in [-0.2, -0.15) is 11.8 Å². The van der Waals surface area contributed by atoms with Crippen LogP contribution < -0.4 is 0 Å². The van der Waals surface area contributed by atoms with Crippen LogP contribution in [0.25, 0.3) is 0 Å². The van der Waals surface area contributed by atoms with Crippen LogP contribution in [0, 0.1) is 11.3 Å². The molecule has 2 aliphatic rings. The molecule has 0 bridgehead atoms. The predicted octanol–water partition coefficient (Wildman–Crippen LogP) is 3.01. The molecule has 0 aromatic rings. The van der Waals surface area contributed by atoms with Gasteiger partial charge in [-0.25, -0.2) is 0 Å². The van der Waals surface area contributed by atoms with Crippen molar-refractivity contribution >= 4 is 23.6 Å². The Labute approximate surface area is 131 Å². The van der Waals surface area contributed by atoms with Crippen LogP contribution in [0.4, 0.5) is 0 Å². The Morgan fingerprint density at radius 2 is 2.05 bits per heavy atom. The summed E-state index contributed by atoms with van der Waals surface area (Å²) >= 11 is 1.97. The molecule has 0 spiro atoms. The normalized spacial score (nSPS) is 27.6. The van der Waals surface area contributed by atoms with Gasteiger partial charge in [0.1, 0.15) is 0 Å². The van der Waals surface area contributed by atoms with E-state index < -0.39 is 11.4 Å². The number of likely N-dealkylation sites (tertiary alicyclic amines) is 1. The van der Waals surface area contributed by atoms with E-state index in [1.54, 1.807) is 0 Å². The second-order valence-electron chi connectivity index (χ2n) is 6.51. The average molecular weight is 313 g/mol. The molecule has 120 valence electrons. The van der Waals surface area contributed by atoms with Crippen molar-refractivity contribution in [3.05, 3.63) is 0 Å². The number of carboxylic acid groups (broad SMARTS) is 1. The number of hydrogen-bond donors (Lipinski definition) is 1. The van der Waals surface area contributed by atoms with Gasteiger partial charge in [0, 0.05) is 19.5 Å². The fourth-order valence-electron chi connectivity index (χ4n) is 3.64. The van der Waals surface area contributed by atoms with Crippen LogP contribution in [-0.4, -0.2) is 46.5 Å². The Morgan fingerprint density at radius 3 is 2.67 bits per heavy atom. The van der Waals surface area contributed by atoms with Crippen LogP contribution in [0.15, 0.2) is 0 Å².